The molecule has 50 valence electrons. The van der Waals surface area contributed by atoms with Gasteiger partial charge in [0.05, 0.1) is 0 Å². The fourth-order valence-electron chi connectivity index (χ4n) is 0.597. The first-order valence-corrected chi connectivity index (χ1v) is 3.01. The zero-order valence-corrected chi connectivity index (χ0v) is 6.05. The zero-order chi connectivity index (χ0) is 7.56. The molecule has 0 unspecified atom stereocenters. The van der Waals surface area contributed by atoms with E-state index < -0.39 is 0 Å². The smallest absolute Gasteiger partial charge is 0.204 e. The van der Waals surface area contributed by atoms with Crippen LogP contribution in [0.2, 0.25) is 0 Å². The van der Waals surface area contributed by atoms with E-state index in [-0.39, 0.29) is 0 Å². The van der Waals surface area contributed by atoms with Gasteiger partial charge in [0.1, 0.15) is 0 Å². The highest BCUT2D eigenvalue weighted by molar-refractivity contribution is 5.21. The minimum atomic E-state index is 0.461. The Morgan fingerprint density at radius 2 is 2.20 bits per heavy atom. The molecule has 10 heavy (non-hydrogen) atoms. The fraction of sp³-hybridized carbons (Fsp3) is 0.250. The second-order valence-electron chi connectivity index (χ2n) is 2.11. The van der Waals surface area contributed by atoms with Crippen LogP contribution in [0.3, 0.4) is 0 Å². The maximum Gasteiger partial charge on any atom is 0.204 e. The second-order valence-corrected chi connectivity index (χ2v) is 2.11. The molecule has 0 aliphatic rings. The van der Waals surface area contributed by atoms with E-state index in [2.05, 4.69) is 15.9 Å². The lowest BCUT2D eigenvalue weighted by Gasteiger charge is -1.95. The van der Waals surface area contributed by atoms with Crippen LogP contribution in [-0.4, -0.2) is 9.97 Å². The first-order chi connectivity index (χ1) is 4.74. The quantitative estimate of drug-likeness (QED) is 0.493. The van der Waals surface area contributed by atoms with Crippen LogP contribution in [0.15, 0.2) is 6.20 Å². The molecule has 1 aromatic rings. The molecule has 0 spiro atoms. The van der Waals surface area contributed by atoms with Crippen molar-refractivity contribution in [2.24, 2.45) is 0 Å². The Labute approximate surface area is 60.3 Å². The number of aromatic nitrogens is 2. The Kier molecular flexibility index (Phi) is 1.68. The van der Waals surface area contributed by atoms with Crippen LogP contribution in [0.5, 0.6) is 0 Å². The molecule has 0 atom stereocenters. The van der Waals surface area contributed by atoms with Crippen molar-refractivity contribution in [1.82, 2.24) is 9.97 Å². The molecule has 1 rings (SSSR count). The van der Waals surface area contributed by atoms with Gasteiger partial charge < -0.3 is 0 Å². The van der Waals surface area contributed by atoms with E-state index in [1.807, 2.05) is 13.8 Å². The standard InChI is InChI=1S/C8H8N2/c1-4-8-9-5-6(2)7(3)10-8/h1,5H,2-3H3. The highest BCUT2D eigenvalue weighted by atomic mass is 14.9. The number of hydrogen-bond donors (Lipinski definition) is 0. The molecule has 0 aromatic carbocycles. The lowest BCUT2D eigenvalue weighted by atomic mass is 10.3. The summed E-state index contributed by atoms with van der Waals surface area (Å²) in [4.78, 5) is 7.95. The first-order valence-electron chi connectivity index (χ1n) is 3.01. The molecule has 0 bridgehead atoms. The molecular formula is C8H8N2. The number of rotatable bonds is 0. The van der Waals surface area contributed by atoms with Crippen LogP contribution in [0.4, 0.5) is 0 Å². The van der Waals surface area contributed by atoms with Gasteiger partial charge in [-0.3, -0.25) is 0 Å². The zero-order valence-electron chi connectivity index (χ0n) is 6.05. The van der Waals surface area contributed by atoms with Gasteiger partial charge in [-0.15, -0.1) is 6.42 Å². The van der Waals surface area contributed by atoms with Gasteiger partial charge in [-0.2, -0.15) is 0 Å². The Morgan fingerprint density at radius 3 is 2.70 bits per heavy atom. The summed E-state index contributed by atoms with van der Waals surface area (Å²) in [5.74, 6) is 2.83. The van der Waals surface area contributed by atoms with Crippen molar-refractivity contribution in [2.75, 3.05) is 0 Å². The predicted octanol–water partition coefficient (Wildman–Crippen LogP) is 1.07. The van der Waals surface area contributed by atoms with Crippen LogP contribution < -0.4 is 0 Å². The maximum atomic E-state index is 5.09. The van der Waals surface area contributed by atoms with Crippen molar-refractivity contribution in [3.8, 4) is 12.3 Å². The Bertz CT molecular complexity index is 284. The summed E-state index contributed by atoms with van der Waals surface area (Å²) in [6, 6.07) is 0. The summed E-state index contributed by atoms with van der Waals surface area (Å²) >= 11 is 0. The summed E-state index contributed by atoms with van der Waals surface area (Å²) in [5, 5.41) is 0. The number of terminal acetylenes is 1. The Morgan fingerprint density at radius 1 is 1.50 bits per heavy atom. The second kappa shape index (κ2) is 2.49. The van der Waals surface area contributed by atoms with Gasteiger partial charge in [-0.1, -0.05) is 0 Å². The van der Waals surface area contributed by atoms with Crippen molar-refractivity contribution in [1.29, 1.82) is 0 Å². The van der Waals surface area contributed by atoms with Gasteiger partial charge in [0.25, 0.3) is 0 Å². The van der Waals surface area contributed by atoms with E-state index >= 15 is 0 Å². The van der Waals surface area contributed by atoms with Gasteiger partial charge in [0, 0.05) is 11.9 Å². The summed E-state index contributed by atoms with van der Waals surface area (Å²) < 4.78 is 0. The third-order valence-electron chi connectivity index (χ3n) is 1.35. The third-order valence-corrected chi connectivity index (χ3v) is 1.35. The average molecular weight is 132 g/mol. The molecule has 0 N–H and O–H groups in total. The van der Waals surface area contributed by atoms with E-state index in [0.29, 0.717) is 5.82 Å². The van der Waals surface area contributed by atoms with Crippen LogP contribution in [0, 0.1) is 26.2 Å². The molecule has 0 aliphatic carbocycles. The van der Waals surface area contributed by atoms with Crippen molar-refractivity contribution >= 4 is 0 Å². The van der Waals surface area contributed by atoms with Crippen molar-refractivity contribution in [3.63, 3.8) is 0 Å². The molecule has 2 nitrogen and oxygen atoms in total. The van der Waals surface area contributed by atoms with Gasteiger partial charge in [-0.05, 0) is 25.3 Å². The summed E-state index contributed by atoms with van der Waals surface area (Å²) in [6.07, 6.45) is 6.83. The number of aryl methyl sites for hydroxylation is 2. The van der Waals surface area contributed by atoms with E-state index in [9.17, 15) is 0 Å². The Balaban J connectivity index is 3.20. The molecule has 0 amide bonds. The predicted molar refractivity (Wildman–Crippen MR) is 39.4 cm³/mol. The van der Waals surface area contributed by atoms with Crippen LogP contribution in [0.1, 0.15) is 17.1 Å². The van der Waals surface area contributed by atoms with Crippen molar-refractivity contribution in [2.45, 2.75) is 13.8 Å². The van der Waals surface area contributed by atoms with Gasteiger partial charge in [-0.25, -0.2) is 9.97 Å². The first kappa shape index (κ1) is 6.76. The summed E-state index contributed by atoms with van der Waals surface area (Å²) in [7, 11) is 0. The molecule has 0 saturated heterocycles. The van der Waals surface area contributed by atoms with Gasteiger partial charge >= 0.3 is 0 Å². The highest BCUT2D eigenvalue weighted by Gasteiger charge is 1.94. The monoisotopic (exact) mass is 132 g/mol. The van der Waals surface area contributed by atoms with Crippen LogP contribution in [0.25, 0.3) is 0 Å². The largest absolute Gasteiger partial charge is 0.229 e. The van der Waals surface area contributed by atoms with E-state index in [0.717, 1.165) is 11.3 Å². The number of nitrogens with zero attached hydrogens (tertiary/aromatic N) is 2. The van der Waals surface area contributed by atoms with Gasteiger partial charge in [0.15, 0.2) is 0 Å². The van der Waals surface area contributed by atoms with Crippen LogP contribution >= 0.6 is 0 Å². The minimum Gasteiger partial charge on any atom is -0.229 e. The van der Waals surface area contributed by atoms with E-state index in [4.69, 9.17) is 6.42 Å². The van der Waals surface area contributed by atoms with Crippen molar-refractivity contribution in [3.05, 3.63) is 23.3 Å². The maximum absolute atomic E-state index is 5.09. The Hall–Kier alpha value is -1.36. The highest BCUT2D eigenvalue weighted by Crippen LogP contribution is 1.99. The van der Waals surface area contributed by atoms with Crippen molar-refractivity contribution < 1.29 is 0 Å². The average Bonchev–Trinajstić information content (AvgIpc) is 1.95. The SMILES string of the molecule is C#Cc1ncc(C)c(C)n1. The van der Waals surface area contributed by atoms with E-state index in [1.54, 1.807) is 6.20 Å². The lowest BCUT2D eigenvalue weighted by molar-refractivity contribution is 1.04. The molecule has 0 aliphatic heterocycles. The fourth-order valence-corrected chi connectivity index (χ4v) is 0.597. The molecule has 1 aromatic heterocycles. The van der Waals surface area contributed by atoms with Crippen LogP contribution in [-0.2, 0) is 0 Å². The molecule has 2 heteroatoms. The summed E-state index contributed by atoms with van der Waals surface area (Å²) in [6.45, 7) is 3.87. The molecule has 1 heterocycles. The number of hydrogen-bond acceptors (Lipinski definition) is 2. The van der Waals surface area contributed by atoms with Gasteiger partial charge in [0.2, 0.25) is 5.82 Å². The lowest BCUT2D eigenvalue weighted by Crippen LogP contribution is -1.93. The molecule has 0 radical (unpaired) electrons. The minimum absolute atomic E-state index is 0.461. The summed E-state index contributed by atoms with van der Waals surface area (Å²) in [5.41, 5.74) is 2.02. The molecule has 0 saturated carbocycles. The molecular weight excluding hydrogens is 124 g/mol. The third kappa shape index (κ3) is 1.14. The van der Waals surface area contributed by atoms with E-state index in [1.165, 1.54) is 0 Å². The normalized spacial score (nSPS) is 8.90. The topological polar surface area (TPSA) is 25.8 Å². The molecule has 0 fully saturated rings.